The fourth-order valence-electron chi connectivity index (χ4n) is 3.55. The van der Waals surface area contributed by atoms with Gasteiger partial charge in [0.15, 0.2) is 5.11 Å². The summed E-state index contributed by atoms with van der Waals surface area (Å²) >= 11 is 5.29. The van der Waals surface area contributed by atoms with Crippen molar-refractivity contribution in [2.75, 3.05) is 4.90 Å². The van der Waals surface area contributed by atoms with E-state index in [0.29, 0.717) is 17.0 Å². The van der Waals surface area contributed by atoms with Gasteiger partial charge in [0.2, 0.25) is 0 Å². The maximum Gasteiger partial charge on any atom is 0.335 e. The first-order chi connectivity index (χ1) is 16.7. The molecular formula is C27H22N2O5S. The van der Waals surface area contributed by atoms with Gasteiger partial charge in [-0.25, -0.2) is 4.79 Å². The van der Waals surface area contributed by atoms with E-state index in [1.807, 2.05) is 26.0 Å². The Hall–Kier alpha value is -4.30. The number of carbonyl (C=O) groups is 3. The van der Waals surface area contributed by atoms with E-state index in [1.165, 1.54) is 23.1 Å². The Morgan fingerprint density at radius 3 is 2.43 bits per heavy atom. The number of carboxylic acids is 1. The van der Waals surface area contributed by atoms with Crippen LogP contribution in [0.4, 0.5) is 5.69 Å². The number of nitrogens with zero attached hydrogens (tertiary/aromatic N) is 1. The fourth-order valence-corrected chi connectivity index (χ4v) is 3.83. The van der Waals surface area contributed by atoms with Gasteiger partial charge in [0.1, 0.15) is 17.9 Å². The summed E-state index contributed by atoms with van der Waals surface area (Å²) in [5.41, 5.74) is 4.08. The summed E-state index contributed by atoms with van der Waals surface area (Å²) in [4.78, 5) is 38.4. The van der Waals surface area contributed by atoms with Gasteiger partial charge in [0, 0.05) is 5.56 Å². The summed E-state index contributed by atoms with van der Waals surface area (Å²) in [6.07, 6.45) is 1.48. The van der Waals surface area contributed by atoms with Crippen LogP contribution in [0.2, 0.25) is 0 Å². The third-order valence-corrected chi connectivity index (χ3v) is 5.95. The average molecular weight is 487 g/mol. The van der Waals surface area contributed by atoms with E-state index in [0.717, 1.165) is 16.7 Å². The number of benzene rings is 3. The zero-order valence-corrected chi connectivity index (χ0v) is 19.9. The predicted molar refractivity (Wildman–Crippen MR) is 136 cm³/mol. The molecule has 1 aliphatic heterocycles. The number of hydrogen-bond acceptors (Lipinski definition) is 5. The van der Waals surface area contributed by atoms with Gasteiger partial charge in [0.05, 0.1) is 11.3 Å². The molecule has 3 aromatic carbocycles. The predicted octanol–water partition coefficient (Wildman–Crippen LogP) is 4.41. The molecule has 4 rings (SSSR count). The van der Waals surface area contributed by atoms with Gasteiger partial charge in [-0.15, -0.1) is 0 Å². The Morgan fingerprint density at radius 2 is 1.74 bits per heavy atom. The number of carboxylic acid groups (broad SMARTS) is 1. The number of aryl methyl sites for hydroxylation is 2. The molecule has 8 heteroatoms. The first-order valence-corrected chi connectivity index (χ1v) is 11.2. The number of anilines is 1. The molecule has 1 heterocycles. The Balaban J connectivity index is 1.61. The van der Waals surface area contributed by atoms with Gasteiger partial charge in [-0.1, -0.05) is 36.4 Å². The zero-order valence-electron chi connectivity index (χ0n) is 19.1. The number of thiocarbonyl (C=S) groups is 1. The summed E-state index contributed by atoms with van der Waals surface area (Å²) in [7, 11) is 0. The van der Waals surface area contributed by atoms with Crippen molar-refractivity contribution in [3.63, 3.8) is 0 Å². The Kier molecular flexibility index (Phi) is 6.75. The quantitative estimate of drug-likeness (QED) is 0.304. The Morgan fingerprint density at radius 1 is 1.03 bits per heavy atom. The highest BCUT2D eigenvalue weighted by molar-refractivity contribution is 7.80. The lowest BCUT2D eigenvalue weighted by Crippen LogP contribution is -2.54. The van der Waals surface area contributed by atoms with Crippen molar-refractivity contribution in [3.8, 4) is 5.75 Å². The highest BCUT2D eigenvalue weighted by Crippen LogP contribution is 2.27. The van der Waals surface area contributed by atoms with Gasteiger partial charge in [-0.3, -0.25) is 19.8 Å². The van der Waals surface area contributed by atoms with Crippen LogP contribution in [0.3, 0.4) is 0 Å². The van der Waals surface area contributed by atoms with E-state index in [-0.39, 0.29) is 22.9 Å². The summed E-state index contributed by atoms with van der Waals surface area (Å²) in [5.74, 6) is -1.65. The molecule has 0 aromatic heterocycles. The normalized spacial score (nSPS) is 14.7. The van der Waals surface area contributed by atoms with E-state index < -0.39 is 17.8 Å². The van der Waals surface area contributed by atoms with Crippen LogP contribution in [0.1, 0.15) is 32.6 Å². The molecule has 2 amide bonds. The first-order valence-electron chi connectivity index (χ1n) is 10.8. The van der Waals surface area contributed by atoms with Crippen LogP contribution in [0, 0.1) is 13.8 Å². The topological polar surface area (TPSA) is 95.9 Å². The number of aromatic carboxylic acids is 1. The number of hydrogen-bond donors (Lipinski definition) is 2. The molecule has 0 bridgehead atoms. The van der Waals surface area contributed by atoms with Crippen molar-refractivity contribution in [1.29, 1.82) is 0 Å². The number of rotatable bonds is 6. The van der Waals surface area contributed by atoms with Crippen LogP contribution >= 0.6 is 12.2 Å². The third kappa shape index (κ3) is 5.12. The summed E-state index contributed by atoms with van der Waals surface area (Å²) < 4.78 is 5.92. The standard InChI is InChI=1S/C27H22N2O5S/c1-16-7-12-21(13-17(16)2)29-25(31)22(24(30)28-27(29)35)14-20-5-3-4-6-23(20)34-15-18-8-10-19(11-9-18)26(32)33/h3-14H,15H2,1-2H3,(H,32,33)(H,28,30,35)/b22-14+. The zero-order chi connectivity index (χ0) is 25.1. The van der Waals surface area contributed by atoms with Crippen molar-refractivity contribution in [1.82, 2.24) is 5.32 Å². The summed E-state index contributed by atoms with van der Waals surface area (Å²) in [5, 5.41) is 11.7. The van der Waals surface area contributed by atoms with Gasteiger partial charge >= 0.3 is 5.97 Å². The average Bonchev–Trinajstić information content (AvgIpc) is 2.83. The molecule has 1 aliphatic rings. The number of carbonyl (C=O) groups excluding carboxylic acids is 2. The highest BCUT2D eigenvalue weighted by Gasteiger charge is 2.34. The molecule has 3 aromatic rings. The van der Waals surface area contributed by atoms with Crippen LogP contribution in [0.5, 0.6) is 5.75 Å². The maximum atomic E-state index is 13.3. The van der Waals surface area contributed by atoms with E-state index in [2.05, 4.69) is 5.32 Å². The third-order valence-electron chi connectivity index (χ3n) is 5.66. The Labute approximate surface area is 207 Å². The molecule has 0 spiro atoms. The lowest BCUT2D eigenvalue weighted by atomic mass is 10.0. The first kappa shape index (κ1) is 23.8. The van der Waals surface area contributed by atoms with Crippen molar-refractivity contribution < 1.29 is 24.2 Å². The van der Waals surface area contributed by atoms with Crippen LogP contribution in [0.15, 0.2) is 72.3 Å². The largest absolute Gasteiger partial charge is 0.488 e. The Bertz CT molecular complexity index is 1380. The van der Waals surface area contributed by atoms with Gasteiger partial charge in [-0.2, -0.15) is 0 Å². The van der Waals surface area contributed by atoms with E-state index in [9.17, 15) is 14.4 Å². The summed E-state index contributed by atoms with van der Waals surface area (Å²) in [6.45, 7) is 4.09. The highest BCUT2D eigenvalue weighted by atomic mass is 32.1. The minimum atomic E-state index is -1.00. The number of amides is 2. The SMILES string of the molecule is Cc1ccc(N2C(=O)/C(=C/c3ccccc3OCc3ccc(C(=O)O)cc3)C(=O)NC2=S)cc1C. The van der Waals surface area contributed by atoms with E-state index in [1.54, 1.807) is 42.5 Å². The van der Waals surface area contributed by atoms with Crippen LogP contribution in [-0.2, 0) is 16.2 Å². The molecule has 1 saturated heterocycles. The molecule has 1 fully saturated rings. The molecule has 0 aliphatic carbocycles. The van der Waals surface area contributed by atoms with Gasteiger partial charge in [-0.05, 0) is 79.2 Å². The molecular weight excluding hydrogens is 464 g/mol. The van der Waals surface area contributed by atoms with E-state index >= 15 is 0 Å². The van der Waals surface area contributed by atoms with Crippen molar-refractivity contribution in [2.45, 2.75) is 20.5 Å². The molecule has 0 unspecified atom stereocenters. The monoisotopic (exact) mass is 486 g/mol. The minimum absolute atomic E-state index is 0.0229. The lowest BCUT2D eigenvalue weighted by Gasteiger charge is -2.29. The molecule has 0 saturated carbocycles. The number of nitrogens with one attached hydrogen (secondary N) is 1. The molecule has 0 radical (unpaired) electrons. The maximum absolute atomic E-state index is 13.3. The van der Waals surface area contributed by atoms with Gasteiger partial charge < -0.3 is 9.84 Å². The minimum Gasteiger partial charge on any atom is -0.488 e. The lowest BCUT2D eigenvalue weighted by molar-refractivity contribution is -0.122. The van der Waals surface area contributed by atoms with Crippen molar-refractivity contribution in [3.05, 3.63) is 100 Å². The summed E-state index contributed by atoms with van der Waals surface area (Å²) in [6, 6.07) is 18.9. The van der Waals surface area contributed by atoms with Crippen molar-refractivity contribution >= 4 is 46.9 Å². The second-order valence-electron chi connectivity index (χ2n) is 8.05. The molecule has 7 nitrogen and oxygen atoms in total. The van der Waals surface area contributed by atoms with Crippen LogP contribution in [-0.4, -0.2) is 28.0 Å². The fraction of sp³-hybridized carbons (Fsp3) is 0.111. The molecule has 0 atom stereocenters. The number of ether oxygens (including phenoxy) is 1. The van der Waals surface area contributed by atoms with Crippen molar-refractivity contribution in [2.24, 2.45) is 0 Å². The van der Waals surface area contributed by atoms with E-state index in [4.69, 9.17) is 22.1 Å². The molecule has 2 N–H and O–H groups in total. The van der Waals surface area contributed by atoms with Crippen LogP contribution < -0.4 is 15.0 Å². The second-order valence-corrected chi connectivity index (χ2v) is 8.44. The molecule has 35 heavy (non-hydrogen) atoms. The smallest absolute Gasteiger partial charge is 0.335 e. The molecule has 176 valence electrons. The second kappa shape index (κ2) is 9.90. The van der Waals surface area contributed by atoms with Crippen LogP contribution in [0.25, 0.3) is 6.08 Å². The number of para-hydroxylation sites is 1. The van der Waals surface area contributed by atoms with Gasteiger partial charge in [0.25, 0.3) is 11.8 Å².